The van der Waals surface area contributed by atoms with Crippen LogP contribution in [0.1, 0.15) is 11.4 Å². The Morgan fingerprint density at radius 1 is 1.35 bits per heavy atom. The van der Waals surface area contributed by atoms with E-state index >= 15 is 0 Å². The molecular weight excluding hydrogens is 261 g/mol. The molecule has 0 bridgehead atoms. The van der Waals surface area contributed by atoms with Crippen molar-refractivity contribution >= 4 is 18.1 Å². The Bertz CT molecular complexity index is 694. The van der Waals surface area contributed by atoms with E-state index in [9.17, 15) is 9.18 Å². The van der Waals surface area contributed by atoms with Crippen LogP contribution in [0.4, 0.5) is 4.39 Å². The van der Waals surface area contributed by atoms with Gasteiger partial charge in [0.2, 0.25) is 12.2 Å². The molecule has 5 nitrogen and oxygen atoms in total. The summed E-state index contributed by atoms with van der Waals surface area (Å²) in [7, 11) is 0. The average molecular weight is 271 g/mol. The lowest BCUT2D eigenvalue weighted by atomic mass is 9.78. The molecule has 0 saturated carbocycles. The highest BCUT2D eigenvalue weighted by Gasteiger charge is 2.35. The van der Waals surface area contributed by atoms with Gasteiger partial charge in [-0.15, -0.1) is 0 Å². The van der Waals surface area contributed by atoms with Gasteiger partial charge in [-0.3, -0.25) is 4.99 Å². The standard InChI is InChI=1S/C14H10FN3O2/c15-12-4-2-1-3-11(12)14(8-19)5-10(6-16-7-14)13-17-9-20-18-13/h1-6,8-9H,7H2. The van der Waals surface area contributed by atoms with Crippen LogP contribution in [0.15, 0.2) is 46.3 Å². The number of aldehydes is 1. The maximum atomic E-state index is 14.0. The molecule has 0 radical (unpaired) electrons. The van der Waals surface area contributed by atoms with Crippen molar-refractivity contribution in [1.29, 1.82) is 0 Å². The number of aliphatic imine (C=N–C) groups is 1. The lowest BCUT2D eigenvalue weighted by Gasteiger charge is -2.26. The van der Waals surface area contributed by atoms with Crippen molar-refractivity contribution < 1.29 is 13.7 Å². The second-order valence-corrected chi connectivity index (χ2v) is 4.46. The first kappa shape index (κ1) is 12.4. The fourth-order valence-electron chi connectivity index (χ4n) is 2.21. The highest BCUT2D eigenvalue weighted by Crippen LogP contribution is 2.31. The summed E-state index contributed by atoms with van der Waals surface area (Å²) in [6.07, 6.45) is 5.05. The van der Waals surface area contributed by atoms with Crippen molar-refractivity contribution in [3.8, 4) is 0 Å². The van der Waals surface area contributed by atoms with E-state index in [1.54, 1.807) is 30.5 Å². The maximum Gasteiger partial charge on any atom is 0.214 e. The second-order valence-electron chi connectivity index (χ2n) is 4.46. The minimum Gasteiger partial charge on any atom is -0.342 e. The predicted molar refractivity (Wildman–Crippen MR) is 69.8 cm³/mol. The number of aromatic nitrogens is 2. The zero-order valence-electron chi connectivity index (χ0n) is 10.4. The molecule has 100 valence electrons. The third-order valence-corrected chi connectivity index (χ3v) is 3.20. The van der Waals surface area contributed by atoms with Gasteiger partial charge in [-0.25, -0.2) is 4.39 Å². The molecule has 1 aliphatic rings. The molecule has 0 amide bonds. The number of halogens is 1. The van der Waals surface area contributed by atoms with Crippen molar-refractivity contribution in [3.63, 3.8) is 0 Å². The van der Waals surface area contributed by atoms with Gasteiger partial charge in [-0.1, -0.05) is 29.4 Å². The van der Waals surface area contributed by atoms with Gasteiger partial charge in [-0.05, 0) is 6.07 Å². The molecule has 0 saturated heterocycles. The van der Waals surface area contributed by atoms with Crippen molar-refractivity contribution in [2.75, 3.05) is 6.54 Å². The average Bonchev–Trinajstić information content (AvgIpc) is 3.02. The van der Waals surface area contributed by atoms with E-state index in [1.807, 2.05) is 0 Å². The van der Waals surface area contributed by atoms with Gasteiger partial charge in [0.1, 0.15) is 12.1 Å². The van der Waals surface area contributed by atoms with Crippen LogP contribution >= 0.6 is 0 Å². The molecule has 0 fully saturated rings. The zero-order chi connectivity index (χ0) is 14.0. The molecule has 0 aliphatic carbocycles. The topological polar surface area (TPSA) is 68.3 Å². The minimum atomic E-state index is -1.14. The summed E-state index contributed by atoms with van der Waals surface area (Å²) in [5, 5.41) is 3.70. The molecule has 0 spiro atoms. The number of nitrogens with zero attached hydrogens (tertiary/aromatic N) is 3. The molecule has 1 aliphatic heterocycles. The van der Waals surface area contributed by atoms with E-state index in [0.29, 0.717) is 17.7 Å². The zero-order valence-corrected chi connectivity index (χ0v) is 10.4. The van der Waals surface area contributed by atoms with Crippen LogP contribution in [0.2, 0.25) is 0 Å². The number of hydrogen-bond donors (Lipinski definition) is 0. The summed E-state index contributed by atoms with van der Waals surface area (Å²) in [5.41, 5.74) is -0.330. The first-order valence-electron chi connectivity index (χ1n) is 5.96. The molecule has 1 aromatic carbocycles. The smallest absolute Gasteiger partial charge is 0.214 e. The quantitative estimate of drug-likeness (QED) is 0.798. The highest BCUT2D eigenvalue weighted by molar-refractivity contribution is 6.10. The van der Waals surface area contributed by atoms with Gasteiger partial charge in [0.05, 0.1) is 12.0 Å². The molecular formula is C14H10FN3O2. The molecule has 1 unspecified atom stereocenters. The van der Waals surface area contributed by atoms with Crippen molar-refractivity contribution in [2.24, 2.45) is 4.99 Å². The van der Waals surface area contributed by atoms with Crippen LogP contribution in [0.5, 0.6) is 0 Å². The van der Waals surface area contributed by atoms with Crippen LogP contribution in [0, 0.1) is 5.82 Å². The Hall–Kier alpha value is -2.63. The van der Waals surface area contributed by atoms with Gasteiger partial charge in [0, 0.05) is 17.4 Å². The largest absolute Gasteiger partial charge is 0.342 e. The van der Waals surface area contributed by atoms with Gasteiger partial charge in [-0.2, -0.15) is 4.98 Å². The Morgan fingerprint density at radius 2 is 2.20 bits per heavy atom. The van der Waals surface area contributed by atoms with Gasteiger partial charge in [0.25, 0.3) is 0 Å². The van der Waals surface area contributed by atoms with E-state index < -0.39 is 11.2 Å². The minimum absolute atomic E-state index is 0.152. The van der Waals surface area contributed by atoms with E-state index in [1.165, 1.54) is 12.5 Å². The number of carbonyl (C=O) groups is 1. The maximum absolute atomic E-state index is 14.0. The number of allylic oxidation sites excluding steroid dienone is 1. The summed E-state index contributed by atoms with van der Waals surface area (Å²) >= 11 is 0. The summed E-state index contributed by atoms with van der Waals surface area (Å²) < 4.78 is 18.7. The number of carbonyl (C=O) groups excluding carboxylic acids is 1. The fourth-order valence-corrected chi connectivity index (χ4v) is 2.21. The Kier molecular flexibility index (Phi) is 2.98. The summed E-state index contributed by atoms with van der Waals surface area (Å²) in [4.78, 5) is 19.7. The van der Waals surface area contributed by atoms with Crippen LogP contribution < -0.4 is 0 Å². The SMILES string of the molecule is O=CC1(c2ccccc2F)C=C(c2ncon2)C=NC1. The van der Waals surface area contributed by atoms with Gasteiger partial charge >= 0.3 is 0 Å². The van der Waals surface area contributed by atoms with Crippen molar-refractivity contribution in [2.45, 2.75) is 5.41 Å². The summed E-state index contributed by atoms with van der Waals surface area (Å²) in [5.74, 6) is -0.128. The molecule has 3 rings (SSSR count). The van der Waals surface area contributed by atoms with Crippen molar-refractivity contribution in [3.05, 3.63) is 53.9 Å². The fraction of sp³-hybridized carbons (Fsp3) is 0.143. The third kappa shape index (κ3) is 1.95. The highest BCUT2D eigenvalue weighted by atomic mass is 19.1. The molecule has 0 N–H and O–H groups in total. The Labute approximate surface area is 113 Å². The van der Waals surface area contributed by atoms with Gasteiger partial charge in [0.15, 0.2) is 0 Å². The Morgan fingerprint density at radius 3 is 2.90 bits per heavy atom. The van der Waals surface area contributed by atoms with Crippen LogP contribution in [0.3, 0.4) is 0 Å². The van der Waals surface area contributed by atoms with Crippen LogP contribution in [0.25, 0.3) is 5.57 Å². The number of dihydropyridines is 1. The van der Waals surface area contributed by atoms with E-state index in [0.717, 1.165) is 0 Å². The molecule has 6 heteroatoms. The van der Waals surface area contributed by atoms with E-state index in [4.69, 9.17) is 0 Å². The number of benzene rings is 1. The third-order valence-electron chi connectivity index (χ3n) is 3.20. The molecule has 1 aromatic heterocycles. The van der Waals surface area contributed by atoms with Crippen molar-refractivity contribution in [1.82, 2.24) is 10.1 Å². The predicted octanol–water partition coefficient (Wildman–Crippen LogP) is 1.81. The monoisotopic (exact) mass is 271 g/mol. The number of rotatable bonds is 3. The summed E-state index contributed by atoms with van der Waals surface area (Å²) in [6.45, 7) is 0.152. The first-order valence-corrected chi connectivity index (χ1v) is 5.96. The van der Waals surface area contributed by atoms with E-state index in [2.05, 4.69) is 19.7 Å². The summed E-state index contributed by atoms with van der Waals surface area (Å²) in [6, 6.07) is 6.16. The lowest BCUT2D eigenvalue weighted by Crippen LogP contribution is -2.33. The van der Waals surface area contributed by atoms with Crippen LogP contribution in [-0.2, 0) is 10.2 Å². The normalized spacial score (nSPS) is 21.6. The number of hydrogen-bond acceptors (Lipinski definition) is 5. The Balaban J connectivity index is 2.13. The van der Waals surface area contributed by atoms with Crippen LogP contribution in [-0.4, -0.2) is 29.2 Å². The van der Waals surface area contributed by atoms with Gasteiger partial charge < -0.3 is 9.32 Å². The first-order chi connectivity index (χ1) is 9.75. The molecule has 2 heterocycles. The molecule has 2 aromatic rings. The molecule has 1 atom stereocenters. The van der Waals surface area contributed by atoms with E-state index in [-0.39, 0.29) is 12.1 Å². The second kappa shape index (κ2) is 4.80. The lowest BCUT2D eigenvalue weighted by molar-refractivity contribution is -0.111. The molecule has 20 heavy (non-hydrogen) atoms.